The monoisotopic (exact) mass is 345 g/mol. The van der Waals surface area contributed by atoms with Crippen molar-refractivity contribution in [1.82, 2.24) is 5.32 Å². The molecule has 0 saturated heterocycles. The minimum atomic E-state index is -0.00612. The quantitative estimate of drug-likeness (QED) is 0.489. The van der Waals surface area contributed by atoms with Crippen molar-refractivity contribution in [2.24, 2.45) is 5.92 Å². The van der Waals surface area contributed by atoms with Crippen LogP contribution in [0.2, 0.25) is 0 Å². The summed E-state index contributed by atoms with van der Waals surface area (Å²) in [4.78, 5) is 12.2. The second-order valence-corrected chi connectivity index (χ2v) is 6.38. The van der Waals surface area contributed by atoms with Gasteiger partial charge in [-0.3, -0.25) is 4.79 Å². The zero-order chi connectivity index (χ0) is 18.8. The van der Waals surface area contributed by atoms with E-state index in [2.05, 4.69) is 24.6 Å². The van der Waals surface area contributed by atoms with E-state index in [9.17, 15) is 4.79 Å². The summed E-state index contributed by atoms with van der Waals surface area (Å²) >= 11 is 0. The molecule has 1 aromatic rings. The summed E-state index contributed by atoms with van der Waals surface area (Å²) in [6.07, 6.45) is 18.7. The fraction of sp³-hybridized carbons (Fsp3) is 0.208. The molecule has 0 radical (unpaired) electrons. The number of allylic oxidation sites excluding steroid dienone is 7. The van der Waals surface area contributed by atoms with E-state index in [1.165, 1.54) is 0 Å². The van der Waals surface area contributed by atoms with Gasteiger partial charge >= 0.3 is 0 Å². The third-order valence-corrected chi connectivity index (χ3v) is 4.31. The summed E-state index contributed by atoms with van der Waals surface area (Å²) in [5.41, 5.74) is 4.02. The highest BCUT2D eigenvalue weighted by molar-refractivity contribution is 5.82. The van der Waals surface area contributed by atoms with Gasteiger partial charge in [-0.15, -0.1) is 0 Å². The molecule has 0 heterocycles. The Balaban J connectivity index is 1.98. The van der Waals surface area contributed by atoms with Crippen LogP contribution in [-0.4, -0.2) is 5.91 Å². The van der Waals surface area contributed by atoms with E-state index in [-0.39, 0.29) is 11.8 Å². The lowest BCUT2D eigenvalue weighted by molar-refractivity contribution is -0.123. The van der Waals surface area contributed by atoms with Crippen LogP contribution in [0.3, 0.4) is 0 Å². The fourth-order valence-electron chi connectivity index (χ4n) is 2.71. The molecular weight excluding hydrogens is 318 g/mol. The molecule has 1 aromatic carbocycles. The zero-order valence-corrected chi connectivity index (χ0v) is 15.4. The van der Waals surface area contributed by atoms with Gasteiger partial charge in [-0.25, -0.2) is 0 Å². The number of nitrogens with one attached hydrogen (secondary N) is 1. The molecule has 134 valence electrons. The van der Waals surface area contributed by atoms with E-state index in [1.54, 1.807) is 6.08 Å². The molecule has 0 saturated carbocycles. The summed E-state index contributed by atoms with van der Waals surface area (Å²) in [7, 11) is 0. The molecule has 1 N–H and O–H groups in total. The van der Waals surface area contributed by atoms with Gasteiger partial charge in [0, 0.05) is 5.70 Å². The largest absolute Gasteiger partial charge is 0.330 e. The highest BCUT2D eigenvalue weighted by atomic mass is 16.1. The minimum Gasteiger partial charge on any atom is -0.330 e. The molecule has 0 aliphatic heterocycles. The van der Waals surface area contributed by atoms with Crippen molar-refractivity contribution in [1.29, 1.82) is 0 Å². The average molecular weight is 345 g/mol. The fourth-order valence-corrected chi connectivity index (χ4v) is 2.71. The zero-order valence-electron chi connectivity index (χ0n) is 15.4. The summed E-state index contributed by atoms with van der Waals surface area (Å²) < 4.78 is 0. The first kappa shape index (κ1) is 19.5. The second-order valence-electron chi connectivity index (χ2n) is 6.38. The SMILES string of the molecule is C=CC(/C=C/c1ccc(C=C)cc1)=C\C=C(/C)NC(=O)[C@H]1C=CCCC1. The van der Waals surface area contributed by atoms with Gasteiger partial charge in [0.2, 0.25) is 5.91 Å². The van der Waals surface area contributed by atoms with Crippen LogP contribution in [0.25, 0.3) is 12.2 Å². The molecule has 2 nitrogen and oxygen atoms in total. The van der Waals surface area contributed by atoms with Crippen molar-refractivity contribution in [2.75, 3.05) is 0 Å². The van der Waals surface area contributed by atoms with Crippen LogP contribution in [0.1, 0.15) is 37.3 Å². The molecule has 0 spiro atoms. The molecule has 0 fully saturated rings. The Morgan fingerprint density at radius 3 is 2.50 bits per heavy atom. The van der Waals surface area contributed by atoms with Crippen LogP contribution < -0.4 is 5.32 Å². The Morgan fingerprint density at radius 2 is 1.88 bits per heavy atom. The summed E-state index contributed by atoms with van der Waals surface area (Å²) in [5, 5.41) is 2.97. The van der Waals surface area contributed by atoms with E-state index in [1.807, 2.05) is 67.6 Å². The lowest BCUT2D eigenvalue weighted by Gasteiger charge is -2.16. The third-order valence-electron chi connectivity index (χ3n) is 4.31. The number of amides is 1. The van der Waals surface area contributed by atoms with Gasteiger partial charge in [-0.2, -0.15) is 0 Å². The average Bonchev–Trinajstić information content (AvgIpc) is 2.69. The topological polar surface area (TPSA) is 29.1 Å². The Hall–Kier alpha value is -2.87. The molecule has 1 amide bonds. The predicted octanol–water partition coefficient (Wildman–Crippen LogP) is 5.83. The van der Waals surface area contributed by atoms with Crippen molar-refractivity contribution in [3.8, 4) is 0 Å². The normalized spacial score (nSPS) is 18.0. The highest BCUT2D eigenvalue weighted by Crippen LogP contribution is 2.17. The van der Waals surface area contributed by atoms with Crippen LogP contribution in [0.4, 0.5) is 0 Å². The van der Waals surface area contributed by atoms with Gasteiger partial charge < -0.3 is 5.32 Å². The van der Waals surface area contributed by atoms with Crippen LogP contribution in [0.15, 0.2) is 85.1 Å². The maximum atomic E-state index is 12.2. The molecule has 1 aliphatic carbocycles. The van der Waals surface area contributed by atoms with E-state index in [0.717, 1.165) is 41.7 Å². The molecule has 2 heteroatoms. The van der Waals surface area contributed by atoms with E-state index in [4.69, 9.17) is 0 Å². The number of benzene rings is 1. The van der Waals surface area contributed by atoms with Gasteiger partial charge in [-0.1, -0.05) is 80.0 Å². The Labute approximate surface area is 157 Å². The van der Waals surface area contributed by atoms with Gasteiger partial charge in [0.05, 0.1) is 5.92 Å². The van der Waals surface area contributed by atoms with Crippen molar-refractivity contribution in [2.45, 2.75) is 26.2 Å². The lowest BCUT2D eigenvalue weighted by Crippen LogP contribution is -2.29. The number of hydrogen-bond acceptors (Lipinski definition) is 1. The second kappa shape index (κ2) is 10.2. The molecule has 0 aromatic heterocycles. The van der Waals surface area contributed by atoms with E-state index >= 15 is 0 Å². The molecular formula is C24H27NO. The highest BCUT2D eigenvalue weighted by Gasteiger charge is 2.16. The number of rotatable bonds is 7. The van der Waals surface area contributed by atoms with E-state index < -0.39 is 0 Å². The Morgan fingerprint density at radius 1 is 1.15 bits per heavy atom. The smallest absolute Gasteiger partial charge is 0.231 e. The van der Waals surface area contributed by atoms with Crippen molar-refractivity contribution >= 4 is 18.1 Å². The van der Waals surface area contributed by atoms with Crippen LogP contribution in [-0.2, 0) is 4.79 Å². The molecule has 1 atom stereocenters. The maximum absolute atomic E-state index is 12.2. The van der Waals surface area contributed by atoms with Crippen LogP contribution in [0.5, 0.6) is 0 Å². The van der Waals surface area contributed by atoms with Crippen molar-refractivity contribution < 1.29 is 4.79 Å². The number of carbonyl (C=O) groups is 1. The van der Waals surface area contributed by atoms with Crippen LogP contribution in [0, 0.1) is 5.92 Å². The first-order valence-electron chi connectivity index (χ1n) is 9.01. The summed E-state index contributed by atoms with van der Waals surface area (Å²) in [6, 6.07) is 8.16. The predicted molar refractivity (Wildman–Crippen MR) is 112 cm³/mol. The van der Waals surface area contributed by atoms with Crippen molar-refractivity contribution in [3.63, 3.8) is 0 Å². The van der Waals surface area contributed by atoms with E-state index in [0.29, 0.717) is 0 Å². The molecule has 0 unspecified atom stereocenters. The van der Waals surface area contributed by atoms with Gasteiger partial charge in [0.15, 0.2) is 0 Å². The Kier molecular flexibility index (Phi) is 7.63. The molecule has 1 aliphatic rings. The first-order chi connectivity index (χ1) is 12.6. The number of carbonyl (C=O) groups excluding carboxylic acids is 1. The lowest BCUT2D eigenvalue weighted by atomic mass is 9.95. The maximum Gasteiger partial charge on any atom is 0.231 e. The molecule has 0 bridgehead atoms. The van der Waals surface area contributed by atoms with Crippen LogP contribution >= 0.6 is 0 Å². The number of hydrogen-bond donors (Lipinski definition) is 1. The van der Waals surface area contributed by atoms with Gasteiger partial charge in [-0.05, 0) is 49.0 Å². The third kappa shape index (κ3) is 6.21. The summed E-state index contributed by atoms with van der Waals surface area (Å²) in [6.45, 7) is 9.52. The summed E-state index contributed by atoms with van der Waals surface area (Å²) in [5.74, 6) is 0.0643. The standard InChI is InChI=1S/C24H27NO/c1-4-20(13-16-22-17-14-21(5-2)15-18-22)12-11-19(3)25-24(26)23-9-7-6-8-10-23/h4-5,7,9,11-18,23H,1-2,6,8,10H2,3H3,(H,25,26)/b16-13+,19-11+,20-12+/t23-/m0/s1. The Bertz CT molecular complexity index is 760. The minimum absolute atomic E-state index is 0.00612. The molecule has 26 heavy (non-hydrogen) atoms. The van der Waals surface area contributed by atoms with Crippen molar-refractivity contribution in [3.05, 3.63) is 96.3 Å². The first-order valence-corrected chi connectivity index (χ1v) is 9.01. The van der Waals surface area contributed by atoms with Gasteiger partial charge in [0.25, 0.3) is 0 Å². The van der Waals surface area contributed by atoms with Gasteiger partial charge in [0.1, 0.15) is 0 Å². The molecule has 2 rings (SSSR count).